The maximum absolute atomic E-state index is 14.0. The van der Waals surface area contributed by atoms with E-state index in [2.05, 4.69) is 17.4 Å². The molecule has 138 valence electrons. The molecule has 3 nitrogen and oxygen atoms in total. The zero-order valence-corrected chi connectivity index (χ0v) is 15.2. The zero-order valence-electron chi connectivity index (χ0n) is 14.3. The van der Waals surface area contributed by atoms with Crippen molar-refractivity contribution in [3.63, 3.8) is 0 Å². The summed E-state index contributed by atoms with van der Waals surface area (Å²) >= 11 is 4.20. The van der Waals surface area contributed by atoms with Gasteiger partial charge in [-0.2, -0.15) is 12.6 Å². The van der Waals surface area contributed by atoms with E-state index in [9.17, 15) is 17.6 Å². The largest absolute Gasteiger partial charge is 0.573 e. The highest BCUT2D eigenvalue weighted by Crippen LogP contribution is 2.39. The summed E-state index contributed by atoms with van der Waals surface area (Å²) in [6, 6.07) is 2.79. The molecule has 0 spiro atoms. The molecule has 0 N–H and O–H groups in total. The lowest BCUT2D eigenvalue weighted by Crippen LogP contribution is -2.41. The topological polar surface area (TPSA) is 27.7 Å². The maximum Gasteiger partial charge on any atom is 0.573 e. The van der Waals surface area contributed by atoms with Gasteiger partial charge >= 0.3 is 13.5 Å². The monoisotopic (exact) mass is 378 g/mol. The van der Waals surface area contributed by atoms with Crippen LogP contribution < -0.4 is 4.74 Å². The average Bonchev–Trinajstić information content (AvgIpc) is 2.66. The summed E-state index contributed by atoms with van der Waals surface area (Å²) in [7, 11) is -0.769. The Balaban J connectivity index is 2.32. The fourth-order valence-electron chi connectivity index (χ4n) is 2.21. The first-order valence-electron chi connectivity index (χ1n) is 7.57. The minimum atomic E-state index is -4.85. The number of rotatable bonds is 4. The molecule has 1 aromatic carbocycles. The summed E-state index contributed by atoms with van der Waals surface area (Å²) in [4.78, 5) is 0. The van der Waals surface area contributed by atoms with E-state index in [1.807, 2.05) is 27.7 Å². The number of ether oxygens (including phenoxy) is 1. The third kappa shape index (κ3) is 4.71. The van der Waals surface area contributed by atoms with Crippen LogP contribution in [0.25, 0.3) is 6.08 Å². The molecule has 0 aromatic heterocycles. The SMILES string of the molecule is CC1(C)OB(C(=Cc2cc(OC(F)(F)F)ccc2F)CS)OC1(C)C. The Morgan fingerprint density at radius 1 is 1.20 bits per heavy atom. The Kier molecular flexibility index (Phi) is 5.52. The van der Waals surface area contributed by atoms with Crippen molar-refractivity contribution in [1.82, 2.24) is 0 Å². The molecule has 0 saturated carbocycles. The molecule has 9 heteroatoms. The van der Waals surface area contributed by atoms with Gasteiger partial charge in [0.05, 0.1) is 11.2 Å². The number of hydrogen-bond donors (Lipinski definition) is 1. The molecular weight excluding hydrogens is 359 g/mol. The van der Waals surface area contributed by atoms with Gasteiger partial charge in [0.15, 0.2) is 0 Å². The Morgan fingerprint density at radius 3 is 2.24 bits per heavy atom. The molecule has 0 atom stereocenters. The van der Waals surface area contributed by atoms with Gasteiger partial charge in [0.1, 0.15) is 11.6 Å². The van der Waals surface area contributed by atoms with Crippen molar-refractivity contribution in [2.45, 2.75) is 45.3 Å². The summed E-state index contributed by atoms with van der Waals surface area (Å²) < 4.78 is 66.6. The van der Waals surface area contributed by atoms with Crippen molar-refractivity contribution in [2.75, 3.05) is 5.75 Å². The van der Waals surface area contributed by atoms with E-state index in [0.29, 0.717) is 5.47 Å². The average molecular weight is 378 g/mol. The quantitative estimate of drug-likeness (QED) is 0.469. The van der Waals surface area contributed by atoms with Crippen LogP contribution in [0.1, 0.15) is 33.3 Å². The Hall–Kier alpha value is -1.19. The lowest BCUT2D eigenvalue weighted by Gasteiger charge is -2.32. The summed E-state index contributed by atoms with van der Waals surface area (Å²) in [5.41, 5.74) is -0.774. The Bertz CT molecular complexity index is 658. The van der Waals surface area contributed by atoms with Crippen LogP contribution in [-0.4, -0.2) is 30.4 Å². The molecule has 0 unspecified atom stereocenters. The molecule has 1 fully saturated rings. The molecule has 2 rings (SSSR count). The van der Waals surface area contributed by atoms with Gasteiger partial charge in [-0.25, -0.2) is 4.39 Å². The molecule has 0 aliphatic carbocycles. The first kappa shape index (κ1) is 20.1. The second-order valence-corrected chi connectivity index (χ2v) is 7.01. The van der Waals surface area contributed by atoms with Gasteiger partial charge < -0.3 is 14.0 Å². The van der Waals surface area contributed by atoms with Crippen LogP contribution in [0.15, 0.2) is 23.7 Å². The third-order valence-electron chi connectivity index (χ3n) is 4.28. The lowest BCUT2D eigenvalue weighted by atomic mass is 9.78. The van der Waals surface area contributed by atoms with Gasteiger partial charge in [-0.05, 0) is 51.4 Å². The second-order valence-electron chi connectivity index (χ2n) is 6.70. The van der Waals surface area contributed by atoms with Gasteiger partial charge in [0.2, 0.25) is 0 Å². The molecule has 0 amide bonds. The van der Waals surface area contributed by atoms with Crippen LogP contribution >= 0.6 is 12.6 Å². The number of alkyl halides is 3. The molecule has 1 heterocycles. The number of hydrogen-bond acceptors (Lipinski definition) is 4. The first-order valence-corrected chi connectivity index (χ1v) is 8.20. The van der Waals surface area contributed by atoms with Crippen LogP contribution in [0, 0.1) is 5.82 Å². The van der Waals surface area contributed by atoms with Gasteiger partial charge in [-0.15, -0.1) is 13.2 Å². The zero-order chi connectivity index (χ0) is 19.0. The van der Waals surface area contributed by atoms with E-state index in [4.69, 9.17) is 9.31 Å². The fourth-order valence-corrected chi connectivity index (χ4v) is 2.45. The highest BCUT2D eigenvalue weighted by atomic mass is 32.1. The van der Waals surface area contributed by atoms with Crippen molar-refractivity contribution < 1.29 is 31.6 Å². The second kappa shape index (κ2) is 6.85. The summed E-state index contributed by atoms with van der Waals surface area (Å²) in [5, 5.41) is 0. The molecule has 1 aliphatic heterocycles. The highest BCUT2D eigenvalue weighted by molar-refractivity contribution is 7.80. The highest BCUT2D eigenvalue weighted by Gasteiger charge is 2.52. The van der Waals surface area contributed by atoms with Gasteiger partial charge in [-0.1, -0.05) is 6.08 Å². The number of halogens is 4. The lowest BCUT2D eigenvalue weighted by molar-refractivity contribution is -0.274. The molecule has 0 radical (unpaired) electrons. The maximum atomic E-state index is 14.0. The standard InChI is InChI=1S/C16H19BF4O3S/c1-14(2)15(3,4)24-17(23-14)11(9-25)7-10-8-12(5-6-13(10)18)22-16(19,20)21/h5-8,25H,9H2,1-4H3. The van der Waals surface area contributed by atoms with Crippen LogP contribution in [0.5, 0.6) is 5.75 Å². The summed E-state index contributed by atoms with van der Waals surface area (Å²) in [6.45, 7) is 7.45. The van der Waals surface area contributed by atoms with E-state index >= 15 is 0 Å². The van der Waals surface area contributed by atoms with Crippen LogP contribution in [0.4, 0.5) is 17.6 Å². The molecular formula is C16H19BF4O3S. The van der Waals surface area contributed by atoms with Gasteiger partial charge in [0, 0.05) is 11.3 Å². The van der Waals surface area contributed by atoms with Crippen molar-refractivity contribution in [3.05, 3.63) is 35.1 Å². The molecule has 1 saturated heterocycles. The third-order valence-corrected chi connectivity index (χ3v) is 4.65. The van der Waals surface area contributed by atoms with Gasteiger partial charge in [-0.3, -0.25) is 0 Å². The molecule has 25 heavy (non-hydrogen) atoms. The minimum Gasteiger partial charge on any atom is -0.406 e. The normalized spacial score (nSPS) is 20.0. The van der Waals surface area contributed by atoms with Crippen molar-refractivity contribution >= 4 is 25.8 Å². The molecule has 0 bridgehead atoms. The van der Waals surface area contributed by atoms with E-state index in [0.717, 1.165) is 18.2 Å². The van der Waals surface area contributed by atoms with E-state index in [-0.39, 0.29) is 11.3 Å². The van der Waals surface area contributed by atoms with Crippen molar-refractivity contribution in [3.8, 4) is 5.75 Å². The number of thiol groups is 1. The van der Waals surface area contributed by atoms with Crippen molar-refractivity contribution in [2.24, 2.45) is 0 Å². The summed E-state index contributed by atoms with van der Waals surface area (Å²) in [6.07, 6.45) is -3.48. The minimum absolute atomic E-state index is 0.0690. The van der Waals surface area contributed by atoms with Crippen LogP contribution in [0.2, 0.25) is 0 Å². The first-order chi connectivity index (χ1) is 11.3. The Morgan fingerprint density at radius 2 is 1.76 bits per heavy atom. The van der Waals surface area contributed by atoms with E-state index in [1.54, 1.807) is 0 Å². The Labute approximate surface area is 149 Å². The van der Waals surface area contributed by atoms with Crippen LogP contribution in [0.3, 0.4) is 0 Å². The molecule has 1 aliphatic rings. The smallest absolute Gasteiger partial charge is 0.406 e. The van der Waals surface area contributed by atoms with E-state index < -0.39 is 36.2 Å². The fraction of sp³-hybridized carbons (Fsp3) is 0.500. The molecule has 1 aromatic rings. The van der Waals surface area contributed by atoms with Crippen LogP contribution in [-0.2, 0) is 9.31 Å². The van der Waals surface area contributed by atoms with Gasteiger partial charge in [0.25, 0.3) is 0 Å². The van der Waals surface area contributed by atoms with Crippen molar-refractivity contribution in [1.29, 1.82) is 0 Å². The predicted octanol–water partition coefficient (Wildman–Crippen LogP) is 4.67. The van der Waals surface area contributed by atoms with E-state index in [1.165, 1.54) is 6.08 Å². The number of benzene rings is 1. The summed E-state index contributed by atoms with van der Waals surface area (Å²) in [5.74, 6) is -1.02. The predicted molar refractivity (Wildman–Crippen MR) is 91.0 cm³/mol.